The maximum absolute atomic E-state index is 13.1. The van der Waals surface area contributed by atoms with Crippen molar-refractivity contribution in [1.29, 1.82) is 0 Å². The lowest BCUT2D eigenvalue weighted by Gasteiger charge is -2.13. The molecule has 2 aromatic heterocycles. The van der Waals surface area contributed by atoms with Crippen LogP contribution in [0.15, 0.2) is 54.7 Å². The van der Waals surface area contributed by atoms with Gasteiger partial charge >= 0.3 is 12.2 Å². The van der Waals surface area contributed by atoms with Crippen LogP contribution < -0.4 is 21.7 Å². The van der Waals surface area contributed by atoms with Crippen LogP contribution in [0.5, 0.6) is 0 Å². The highest BCUT2D eigenvalue weighted by Gasteiger charge is 2.33. The number of carbonyl (C=O) groups excluding carboxylic acids is 2. The van der Waals surface area contributed by atoms with E-state index in [9.17, 15) is 22.8 Å². The molecule has 0 unspecified atom stereocenters. The molecular weight excluding hydrogens is 513 g/mol. The van der Waals surface area contributed by atoms with E-state index in [1.54, 1.807) is 31.2 Å². The second-order valence-electron chi connectivity index (χ2n) is 7.72. The molecule has 0 radical (unpaired) electrons. The lowest BCUT2D eigenvalue weighted by atomic mass is 10.1. The van der Waals surface area contributed by atoms with Gasteiger partial charge in [0.15, 0.2) is 11.5 Å². The molecule has 3 amide bonds. The number of urea groups is 1. The predicted octanol–water partition coefficient (Wildman–Crippen LogP) is 5.33. The van der Waals surface area contributed by atoms with Crippen LogP contribution in [0.25, 0.3) is 11.4 Å². The second kappa shape index (κ2) is 10.1. The fourth-order valence-electron chi connectivity index (χ4n) is 3.31. The second-order valence-corrected chi connectivity index (χ2v) is 8.13. The number of aromatic nitrogens is 4. The molecule has 2 heterocycles. The summed E-state index contributed by atoms with van der Waals surface area (Å²) in [6, 6.07) is 10.4. The zero-order chi connectivity index (χ0) is 26.7. The Morgan fingerprint density at radius 3 is 2.38 bits per heavy atom. The van der Waals surface area contributed by atoms with Gasteiger partial charge in [-0.25, -0.2) is 14.8 Å². The minimum absolute atomic E-state index is 0.0663. The number of carbonyl (C=O) groups is 2. The number of nitrogens with two attached hydrogens (primary N) is 1. The van der Waals surface area contributed by atoms with Gasteiger partial charge in [0.25, 0.3) is 5.91 Å². The summed E-state index contributed by atoms with van der Waals surface area (Å²) in [7, 11) is 0. The van der Waals surface area contributed by atoms with Crippen molar-refractivity contribution in [3.63, 3.8) is 0 Å². The molecule has 6 N–H and O–H groups in total. The SMILES string of the molecule is Cc1cc(NC(=O)Nc2ccc(Cl)c(C(F)(F)F)c2)ccc1-c1nccc(Nc2cc(C(N)=O)n[nH]2)n1. The van der Waals surface area contributed by atoms with Gasteiger partial charge in [0.1, 0.15) is 11.6 Å². The molecule has 190 valence electrons. The average Bonchev–Trinajstić information content (AvgIpc) is 3.29. The molecule has 2 aromatic carbocycles. The van der Waals surface area contributed by atoms with Gasteiger partial charge in [-0.1, -0.05) is 11.6 Å². The van der Waals surface area contributed by atoms with Crippen LogP contribution >= 0.6 is 11.6 Å². The fraction of sp³-hybridized carbons (Fsp3) is 0.0870. The number of nitrogens with zero attached hydrogens (tertiary/aromatic N) is 3. The number of aryl methyl sites for hydroxylation is 1. The van der Waals surface area contributed by atoms with Gasteiger partial charge in [-0.05, 0) is 55.0 Å². The Balaban J connectivity index is 1.46. The molecule has 0 aliphatic heterocycles. The summed E-state index contributed by atoms with van der Waals surface area (Å²) >= 11 is 5.61. The zero-order valence-corrected chi connectivity index (χ0v) is 19.7. The highest BCUT2D eigenvalue weighted by Crippen LogP contribution is 2.36. The van der Waals surface area contributed by atoms with E-state index in [2.05, 4.69) is 36.1 Å². The molecule has 10 nitrogen and oxygen atoms in total. The molecule has 37 heavy (non-hydrogen) atoms. The van der Waals surface area contributed by atoms with Crippen LogP contribution in [-0.4, -0.2) is 32.1 Å². The number of anilines is 4. The van der Waals surface area contributed by atoms with Gasteiger partial charge in [-0.2, -0.15) is 18.3 Å². The summed E-state index contributed by atoms with van der Waals surface area (Å²) in [5.41, 5.74) is 5.93. The summed E-state index contributed by atoms with van der Waals surface area (Å²) < 4.78 is 39.2. The molecule has 0 saturated carbocycles. The van der Waals surface area contributed by atoms with Gasteiger partial charge in [0, 0.05) is 29.2 Å². The van der Waals surface area contributed by atoms with Crippen molar-refractivity contribution < 1.29 is 22.8 Å². The number of amides is 3. The molecule has 0 fully saturated rings. The number of hydrogen-bond donors (Lipinski definition) is 5. The summed E-state index contributed by atoms with van der Waals surface area (Å²) in [4.78, 5) is 32.3. The van der Waals surface area contributed by atoms with Crippen molar-refractivity contribution in [2.45, 2.75) is 13.1 Å². The maximum Gasteiger partial charge on any atom is 0.417 e. The van der Waals surface area contributed by atoms with Crippen molar-refractivity contribution >= 4 is 46.5 Å². The van der Waals surface area contributed by atoms with E-state index in [1.807, 2.05) is 0 Å². The Kier molecular flexibility index (Phi) is 6.98. The summed E-state index contributed by atoms with van der Waals surface area (Å²) in [6.45, 7) is 1.78. The number of hydrogen-bond acceptors (Lipinski definition) is 6. The number of halogens is 4. The predicted molar refractivity (Wildman–Crippen MR) is 132 cm³/mol. The number of H-pyrrole nitrogens is 1. The third kappa shape index (κ3) is 6.13. The Morgan fingerprint density at radius 1 is 1.03 bits per heavy atom. The first-order valence-electron chi connectivity index (χ1n) is 10.5. The highest BCUT2D eigenvalue weighted by molar-refractivity contribution is 6.31. The van der Waals surface area contributed by atoms with Crippen molar-refractivity contribution in [3.8, 4) is 11.4 Å². The molecule has 4 aromatic rings. The molecule has 0 aliphatic rings. The summed E-state index contributed by atoms with van der Waals surface area (Å²) in [5, 5.41) is 13.8. The van der Waals surface area contributed by atoms with Crippen LogP contribution in [0, 0.1) is 6.92 Å². The van der Waals surface area contributed by atoms with Crippen molar-refractivity contribution in [3.05, 3.63) is 76.6 Å². The van der Waals surface area contributed by atoms with Crippen LogP contribution in [0.2, 0.25) is 5.02 Å². The normalized spacial score (nSPS) is 11.2. The maximum atomic E-state index is 13.1. The topological polar surface area (TPSA) is 151 Å². The summed E-state index contributed by atoms with van der Waals surface area (Å²) in [6.07, 6.45) is -3.12. The third-order valence-corrected chi connectivity index (χ3v) is 5.33. The molecule has 14 heteroatoms. The molecule has 0 saturated heterocycles. The van der Waals surface area contributed by atoms with Gasteiger partial charge in [-0.15, -0.1) is 0 Å². The van der Waals surface area contributed by atoms with Crippen LogP contribution in [0.1, 0.15) is 21.6 Å². The first kappa shape index (κ1) is 25.4. The van der Waals surface area contributed by atoms with Gasteiger partial charge < -0.3 is 21.7 Å². The molecule has 0 atom stereocenters. The van der Waals surface area contributed by atoms with Gasteiger partial charge in [-0.3, -0.25) is 9.89 Å². The smallest absolute Gasteiger partial charge is 0.364 e. The fourth-order valence-corrected chi connectivity index (χ4v) is 3.54. The van der Waals surface area contributed by atoms with Crippen LogP contribution in [0.4, 0.5) is 41.0 Å². The van der Waals surface area contributed by atoms with E-state index >= 15 is 0 Å². The van der Waals surface area contributed by atoms with Crippen LogP contribution in [0.3, 0.4) is 0 Å². The third-order valence-electron chi connectivity index (χ3n) is 5.00. The van der Waals surface area contributed by atoms with Crippen molar-refractivity contribution in [1.82, 2.24) is 20.2 Å². The first-order chi connectivity index (χ1) is 17.5. The molecule has 4 rings (SSSR count). The molecule has 0 aliphatic carbocycles. The number of rotatable bonds is 6. The van der Waals surface area contributed by atoms with Crippen molar-refractivity contribution in [2.75, 3.05) is 16.0 Å². The quantitative estimate of drug-likeness (QED) is 0.227. The van der Waals surface area contributed by atoms with E-state index in [4.69, 9.17) is 17.3 Å². The number of aromatic amines is 1. The Labute approximate surface area is 212 Å². The average molecular weight is 531 g/mol. The van der Waals surface area contributed by atoms with Crippen molar-refractivity contribution in [2.24, 2.45) is 5.73 Å². The molecule has 0 spiro atoms. The zero-order valence-electron chi connectivity index (χ0n) is 18.9. The lowest BCUT2D eigenvalue weighted by Crippen LogP contribution is -2.20. The summed E-state index contributed by atoms with van der Waals surface area (Å²) in [5.74, 6) is 0.537. The van der Waals surface area contributed by atoms with E-state index in [0.29, 0.717) is 28.7 Å². The minimum atomic E-state index is -4.65. The van der Waals surface area contributed by atoms with E-state index in [0.717, 1.165) is 17.7 Å². The molecule has 0 bridgehead atoms. The Bertz CT molecular complexity index is 1490. The van der Waals surface area contributed by atoms with E-state index in [-0.39, 0.29) is 11.4 Å². The Hall–Kier alpha value is -4.65. The first-order valence-corrected chi connectivity index (χ1v) is 10.9. The van der Waals surface area contributed by atoms with Crippen LogP contribution in [-0.2, 0) is 6.18 Å². The lowest BCUT2D eigenvalue weighted by molar-refractivity contribution is -0.137. The van der Waals surface area contributed by atoms with Gasteiger partial charge in [0.05, 0.1) is 10.6 Å². The number of primary amides is 1. The van der Waals surface area contributed by atoms with E-state index < -0.39 is 28.7 Å². The monoisotopic (exact) mass is 530 g/mol. The van der Waals surface area contributed by atoms with Gasteiger partial charge in [0.2, 0.25) is 0 Å². The minimum Gasteiger partial charge on any atom is -0.364 e. The standard InChI is InChI=1S/C23H18ClF3N8O2/c1-11-8-12(30-22(37)31-13-3-5-16(24)15(9-13)23(25,26)27)2-4-14(11)21-29-7-6-18(33-21)32-19-10-17(20(28)36)34-35-19/h2-10H,1H3,(H2,28,36)(H2,30,31,37)(H2,29,32,33,34,35). The molecular formula is C23H18ClF3N8O2. The number of benzene rings is 2. The highest BCUT2D eigenvalue weighted by atomic mass is 35.5. The largest absolute Gasteiger partial charge is 0.417 e. The van der Waals surface area contributed by atoms with E-state index in [1.165, 1.54) is 18.3 Å². The number of nitrogens with one attached hydrogen (secondary N) is 4. The Morgan fingerprint density at radius 2 is 1.73 bits per heavy atom. The number of alkyl halides is 3.